The molecule has 4 heteroatoms. The second-order valence-corrected chi connectivity index (χ2v) is 2.99. The molecule has 13 heavy (non-hydrogen) atoms. The maximum Gasteiger partial charge on any atom is 0.251 e. The number of carbonyl (C=O) groups excluding carboxylic acids is 1. The number of hydrogen-bond acceptors (Lipinski definition) is 2. The Hall–Kier alpha value is -1.06. The van der Waals surface area contributed by atoms with Crippen LogP contribution in [0, 0.1) is 0 Å². The van der Waals surface area contributed by atoms with Crippen molar-refractivity contribution in [2.45, 2.75) is 0 Å². The van der Waals surface area contributed by atoms with Crippen molar-refractivity contribution < 1.29 is 4.79 Å². The molecule has 0 saturated carbocycles. The number of nitrogens with one attached hydrogen (secondary N) is 1. The lowest BCUT2D eigenvalue weighted by atomic mass is 10.2. The van der Waals surface area contributed by atoms with Crippen LogP contribution in [-0.2, 0) is 0 Å². The van der Waals surface area contributed by atoms with E-state index >= 15 is 0 Å². The molecule has 0 fully saturated rings. The van der Waals surface area contributed by atoms with Crippen molar-refractivity contribution >= 4 is 17.5 Å². The number of nitrogens with two attached hydrogens (primary N) is 1. The van der Waals surface area contributed by atoms with E-state index in [4.69, 9.17) is 17.3 Å². The van der Waals surface area contributed by atoms with Crippen LogP contribution >= 0.6 is 11.6 Å². The van der Waals surface area contributed by atoms with Crippen LogP contribution in [0.5, 0.6) is 0 Å². The third-order valence-corrected chi connectivity index (χ3v) is 1.75. The highest BCUT2D eigenvalue weighted by Gasteiger charge is 2.03. The Morgan fingerprint density at radius 3 is 2.92 bits per heavy atom. The smallest absolute Gasteiger partial charge is 0.251 e. The molecule has 0 aromatic heterocycles. The molecular formula is C9H11ClN2O. The summed E-state index contributed by atoms with van der Waals surface area (Å²) in [4.78, 5) is 11.3. The summed E-state index contributed by atoms with van der Waals surface area (Å²) in [5.74, 6) is -0.145. The van der Waals surface area contributed by atoms with E-state index in [1.165, 1.54) is 0 Å². The molecule has 0 spiro atoms. The SMILES string of the molecule is NCCNC(=O)c1cccc(Cl)c1. The molecule has 1 rings (SSSR count). The minimum absolute atomic E-state index is 0.145. The Balaban J connectivity index is 2.66. The van der Waals surface area contributed by atoms with Crippen LogP contribution in [0.3, 0.4) is 0 Å². The zero-order valence-electron chi connectivity index (χ0n) is 7.09. The second kappa shape index (κ2) is 4.84. The maximum absolute atomic E-state index is 11.3. The fraction of sp³-hybridized carbons (Fsp3) is 0.222. The molecule has 70 valence electrons. The summed E-state index contributed by atoms with van der Waals surface area (Å²) >= 11 is 5.72. The molecule has 1 aromatic rings. The fourth-order valence-electron chi connectivity index (χ4n) is 0.917. The zero-order valence-corrected chi connectivity index (χ0v) is 7.84. The van der Waals surface area contributed by atoms with Gasteiger partial charge in [-0.2, -0.15) is 0 Å². The number of halogens is 1. The first kappa shape index (κ1) is 10.0. The van der Waals surface area contributed by atoms with Crippen LogP contribution in [0.15, 0.2) is 24.3 Å². The van der Waals surface area contributed by atoms with Crippen LogP contribution in [0.25, 0.3) is 0 Å². The molecule has 3 nitrogen and oxygen atoms in total. The van der Waals surface area contributed by atoms with E-state index in [2.05, 4.69) is 5.32 Å². The average molecular weight is 199 g/mol. The van der Waals surface area contributed by atoms with Gasteiger partial charge in [0, 0.05) is 23.7 Å². The highest BCUT2D eigenvalue weighted by atomic mass is 35.5. The Morgan fingerprint density at radius 1 is 1.54 bits per heavy atom. The van der Waals surface area contributed by atoms with Crippen LogP contribution in [-0.4, -0.2) is 19.0 Å². The van der Waals surface area contributed by atoms with E-state index in [9.17, 15) is 4.79 Å². The molecule has 0 unspecified atom stereocenters. The van der Waals surface area contributed by atoms with Gasteiger partial charge in [-0.05, 0) is 18.2 Å². The third-order valence-electron chi connectivity index (χ3n) is 1.52. The van der Waals surface area contributed by atoms with Crippen molar-refractivity contribution in [2.75, 3.05) is 13.1 Å². The number of hydrogen-bond donors (Lipinski definition) is 2. The van der Waals surface area contributed by atoms with Gasteiger partial charge in [-0.25, -0.2) is 0 Å². The first-order valence-electron chi connectivity index (χ1n) is 3.98. The van der Waals surface area contributed by atoms with Gasteiger partial charge in [-0.15, -0.1) is 0 Å². The lowest BCUT2D eigenvalue weighted by molar-refractivity contribution is 0.0955. The van der Waals surface area contributed by atoms with Gasteiger partial charge in [-0.3, -0.25) is 4.79 Å². The lowest BCUT2D eigenvalue weighted by Gasteiger charge is -2.02. The van der Waals surface area contributed by atoms with E-state index < -0.39 is 0 Å². The van der Waals surface area contributed by atoms with Crippen molar-refractivity contribution in [3.05, 3.63) is 34.9 Å². The highest BCUT2D eigenvalue weighted by Crippen LogP contribution is 2.10. The van der Waals surface area contributed by atoms with Crippen molar-refractivity contribution in [2.24, 2.45) is 5.73 Å². The average Bonchev–Trinajstić information content (AvgIpc) is 2.14. The first-order valence-corrected chi connectivity index (χ1v) is 4.35. The zero-order chi connectivity index (χ0) is 9.68. The Labute approximate surface area is 81.9 Å². The number of carbonyl (C=O) groups is 1. The summed E-state index contributed by atoms with van der Waals surface area (Å²) < 4.78 is 0. The molecule has 0 heterocycles. The molecule has 0 radical (unpaired) electrons. The molecular weight excluding hydrogens is 188 g/mol. The molecule has 0 bridgehead atoms. The quantitative estimate of drug-likeness (QED) is 0.762. The van der Waals surface area contributed by atoms with Crippen LogP contribution in [0.4, 0.5) is 0 Å². The Kier molecular flexibility index (Phi) is 3.73. The molecule has 1 amide bonds. The Morgan fingerprint density at radius 2 is 2.31 bits per heavy atom. The van der Waals surface area contributed by atoms with Gasteiger partial charge in [0.25, 0.3) is 5.91 Å². The lowest BCUT2D eigenvalue weighted by Crippen LogP contribution is -2.28. The summed E-state index contributed by atoms with van der Waals surface area (Å²) in [5.41, 5.74) is 5.80. The van der Waals surface area contributed by atoms with Gasteiger partial charge in [0.15, 0.2) is 0 Å². The van der Waals surface area contributed by atoms with E-state index in [-0.39, 0.29) is 5.91 Å². The number of amides is 1. The highest BCUT2D eigenvalue weighted by molar-refractivity contribution is 6.30. The predicted octanol–water partition coefficient (Wildman–Crippen LogP) is 1.03. The topological polar surface area (TPSA) is 55.1 Å². The second-order valence-electron chi connectivity index (χ2n) is 2.55. The summed E-state index contributed by atoms with van der Waals surface area (Å²) in [7, 11) is 0. The van der Waals surface area contributed by atoms with Crippen molar-refractivity contribution in [3.63, 3.8) is 0 Å². The minimum atomic E-state index is -0.145. The largest absolute Gasteiger partial charge is 0.351 e. The Bertz CT molecular complexity index is 301. The van der Waals surface area contributed by atoms with Crippen LogP contribution in [0.1, 0.15) is 10.4 Å². The monoisotopic (exact) mass is 198 g/mol. The first-order chi connectivity index (χ1) is 6.24. The normalized spacial score (nSPS) is 9.69. The molecule has 1 aromatic carbocycles. The van der Waals surface area contributed by atoms with Crippen molar-refractivity contribution in [1.29, 1.82) is 0 Å². The maximum atomic E-state index is 11.3. The van der Waals surface area contributed by atoms with E-state index in [1.54, 1.807) is 24.3 Å². The number of rotatable bonds is 3. The summed E-state index contributed by atoms with van der Waals surface area (Å²) in [6.45, 7) is 0.914. The fourth-order valence-corrected chi connectivity index (χ4v) is 1.11. The summed E-state index contributed by atoms with van der Waals surface area (Å²) in [5, 5.41) is 3.21. The van der Waals surface area contributed by atoms with E-state index in [0.29, 0.717) is 23.7 Å². The molecule has 0 atom stereocenters. The van der Waals surface area contributed by atoms with Crippen LogP contribution < -0.4 is 11.1 Å². The van der Waals surface area contributed by atoms with Gasteiger partial charge >= 0.3 is 0 Å². The minimum Gasteiger partial charge on any atom is -0.351 e. The van der Waals surface area contributed by atoms with E-state index in [1.807, 2.05) is 0 Å². The predicted molar refractivity (Wildman–Crippen MR) is 52.8 cm³/mol. The van der Waals surface area contributed by atoms with Gasteiger partial charge in [-0.1, -0.05) is 17.7 Å². The van der Waals surface area contributed by atoms with E-state index in [0.717, 1.165) is 0 Å². The standard InChI is InChI=1S/C9H11ClN2O/c10-8-3-1-2-7(6-8)9(13)12-5-4-11/h1-3,6H,4-5,11H2,(H,12,13). The number of benzene rings is 1. The van der Waals surface area contributed by atoms with Crippen LogP contribution in [0.2, 0.25) is 5.02 Å². The molecule has 0 saturated heterocycles. The van der Waals surface area contributed by atoms with Crippen molar-refractivity contribution in [1.82, 2.24) is 5.32 Å². The third kappa shape index (κ3) is 3.05. The molecule has 0 aliphatic carbocycles. The summed E-state index contributed by atoms with van der Waals surface area (Å²) in [6.07, 6.45) is 0. The van der Waals surface area contributed by atoms with Gasteiger partial charge in [0.2, 0.25) is 0 Å². The molecule has 0 aliphatic rings. The van der Waals surface area contributed by atoms with Gasteiger partial charge < -0.3 is 11.1 Å². The molecule has 0 aliphatic heterocycles. The van der Waals surface area contributed by atoms with Gasteiger partial charge in [0.05, 0.1) is 0 Å². The van der Waals surface area contributed by atoms with Gasteiger partial charge in [0.1, 0.15) is 0 Å². The summed E-state index contributed by atoms with van der Waals surface area (Å²) in [6, 6.07) is 6.78. The molecule has 3 N–H and O–H groups in total. The van der Waals surface area contributed by atoms with Crippen molar-refractivity contribution in [3.8, 4) is 0 Å².